The zero-order valence-corrected chi connectivity index (χ0v) is 11.1. The van der Waals surface area contributed by atoms with E-state index in [0.717, 1.165) is 0 Å². The number of non-ortho nitro benzene ring substituents is 1. The van der Waals surface area contributed by atoms with Gasteiger partial charge in [0.1, 0.15) is 0 Å². The second-order valence-corrected chi connectivity index (χ2v) is 4.25. The highest BCUT2D eigenvalue weighted by atomic mass is 16.6. The standard InChI is InChI=1S/C14H11N3O5/c18-12-6-1-9(7-13(12)19)8-15-16-14(20)10-2-4-11(5-3-10)17(21)22/h1-8,18-19H,(H,16,20). The molecule has 0 aromatic heterocycles. The number of carbonyl (C=O) groups is 1. The molecule has 0 fully saturated rings. The molecule has 2 aromatic rings. The minimum Gasteiger partial charge on any atom is -0.504 e. The molecule has 3 N–H and O–H groups in total. The third-order valence-electron chi connectivity index (χ3n) is 2.72. The molecule has 0 aliphatic rings. The van der Waals surface area contributed by atoms with Crippen molar-refractivity contribution in [2.75, 3.05) is 0 Å². The van der Waals surface area contributed by atoms with Gasteiger partial charge in [0.25, 0.3) is 11.6 Å². The Hall–Kier alpha value is -3.42. The van der Waals surface area contributed by atoms with Crippen LogP contribution in [-0.2, 0) is 0 Å². The molecule has 0 aliphatic heterocycles. The summed E-state index contributed by atoms with van der Waals surface area (Å²) in [6, 6.07) is 9.13. The Balaban J connectivity index is 2.01. The van der Waals surface area contributed by atoms with Gasteiger partial charge in [-0.15, -0.1) is 0 Å². The quantitative estimate of drug-likeness (QED) is 0.343. The molecule has 112 valence electrons. The predicted molar refractivity (Wildman–Crippen MR) is 77.9 cm³/mol. The van der Waals surface area contributed by atoms with E-state index in [-0.39, 0.29) is 22.7 Å². The van der Waals surface area contributed by atoms with Crippen LogP contribution in [0.25, 0.3) is 0 Å². The Bertz CT molecular complexity index is 741. The molecule has 2 rings (SSSR count). The predicted octanol–water partition coefficient (Wildman–Crippen LogP) is 1.77. The molecule has 0 atom stereocenters. The molecular formula is C14H11N3O5. The van der Waals surface area contributed by atoms with Crippen LogP contribution in [0.4, 0.5) is 5.69 Å². The monoisotopic (exact) mass is 301 g/mol. The summed E-state index contributed by atoms with van der Waals surface area (Å²) in [6.07, 6.45) is 1.28. The van der Waals surface area contributed by atoms with Gasteiger partial charge in [-0.2, -0.15) is 5.10 Å². The Morgan fingerprint density at radius 1 is 1.14 bits per heavy atom. The number of hydrogen-bond donors (Lipinski definition) is 3. The number of carbonyl (C=O) groups excluding carboxylic acids is 1. The molecule has 0 unspecified atom stereocenters. The molecule has 0 heterocycles. The fourth-order valence-electron chi connectivity index (χ4n) is 1.59. The van der Waals surface area contributed by atoms with Gasteiger partial charge >= 0.3 is 0 Å². The van der Waals surface area contributed by atoms with Crippen molar-refractivity contribution in [3.05, 3.63) is 63.7 Å². The highest BCUT2D eigenvalue weighted by molar-refractivity contribution is 5.95. The first-order valence-electron chi connectivity index (χ1n) is 6.07. The first kappa shape index (κ1) is 15.0. The molecule has 1 amide bonds. The summed E-state index contributed by atoms with van der Waals surface area (Å²) in [5, 5.41) is 32.7. The first-order valence-corrected chi connectivity index (χ1v) is 6.07. The Kier molecular flexibility index (Phi) is 4.33. The summed E-state index contributed by atoms with van der Waals surface area (Å²) in [5.41, 5.74) is 2.83. The molecule has 2 aromatic carbocycles. The zero-order valence-electron chi connectivity index (χ0n) is 11.1. The van der Waals surface area contributed by atoms with E-state index in [9.17, 15) is 20.0 Å². The van der Waals surface area contributed by atoms with Gasteiger partial charge in [0, 0.05) is 17.7 Å². The fraction of sp³-hybridized carbons (Fsp3) is 0. The van der Waals surface area contributed by atoms with E-state index in [0.29, 0.717) is 5.56 Å². The maximum atomic E-state index is 11.8. The number of benzene rings is 2. The third kappa shape index (κ3) is 3.57. The van der Waals surface area contributed by atoms with Crippen LogP contribution in [0.2, 0.25) is 0 Å². The van der Waals surface area contributed by atoms with Gasteiger partial charge in [-0.05, 0) is 35.9 Å². The van der Waals surface area contributed by atoms with Crippen LogP contribution in [0, 0.1) is 10.1 Å². The van der Waals surface area contributed by atoms with Crippen LogP contribution in [0.5, 0.6) is 11.5 Å². The van der Waals surface area contributed by atoms with Crippen molar-refractivity contribution >= 4 is 17.8 Å². The summed E-state index contributed by atoms with van der Waals surface area (Å²) in [4.78, 5) is 21.7. The number of nitrogens with one attached hydrogen (secondary N) is 1. The Morgan fingerprint density at radius 3 is 2.41 bits per heavy atom. The largest absolute Gasteiger partial charge is 0.504 e. The normalized spacial score (nSPS) is 10.5. The van der Waals surface area contributed by atoms with E-state index in [4.69, 9.17) is 5.11 Å². The maximum absolute atomic E-state index is 11.8. The number of phenols is 2. The van der Waals surface area contributed by atoms with Crippen LogP contribution in [-0.4, -0.2) is 27.3 Å². The van der Waals surface area contributed by atoms with Gasteiger partial charge in [-0.1, -0.05) is 0 Å². The number of amides is 1. The van der Waals surface area contributed by atoms with Crippen molar-refractivity contribution in [1.82, 2.24) is 5.43 Å². The molecule has 0 saturated carbocycles. The van der Waals surface area contributed by atoms with E-state index in [1.807, 2.05) is 0 Å². The number of nitro benzene ring substituents is 1. The molecule has 8 nitrogen and oxygen atoms in total. The molecule has 0 bridgehead atoms. The van der Waals surface area contributed by atoms with Crippen molar-refractivity contribution in [1.29, 1.82) is 0 Å². The minimum absolute atomic E-state index is 0.111. The van der Waals surface area contributed by atoms with Crippen LogP contribution in [0.15, 0.2) is 47.6 Å². The lowest BCUT2D eigenvalue weighted by molar-refractivity contribution is -0.384. The highest BCUT2D eigenvalue weighted by Crippen LogP contribution is 2.23. The lowest BCUT2D eigenvalue weighted by Gasteiger charge is -2.00. The second kappa shape index (κ2) is 6.35. The Labute approximate surface area is 124 Å². The van der Waals surface area contributed by atoms with Gasteiger partial charge in [0.2, 0.25) is 0 Å². The van der Waals surface area contributed by atoms with Gasteiger partial charge < -0.3 is 10.2 Å². The molecule has 22 heavy (non-hydrogen) atoms. The number of nitro groups is 1. The fourth-order valence-corrected chi connectivity index (χ4v) is 1.59. The number of phenolic OH excluding ortho intramolecular Hbond substituents is 2. The zero-order chi connectivity index (χ0) is 16.1. The van der Waals surface area contributed by atoms with E-state index < -0.39 is 10.8 Å². The average molecular weight is 301 g/mol. The number of aromatic hydroxyl groups is 2. The van der Waals surface area contributed by atoms with Crippen molar-refractivity contribution in [3.63, 3.8) is 0 Å². The minimum atomic E-state index is -0.558. The second-order valence-electron chi connectivity index (χ2n) is 4.25. The highest BCUT2D eigenvalue weighted by Gasteiger charge is 2.08. The number of hydrogen-bond acceptors (Lipinski definition) is 6. The van der Waals surface area contributed by atoms with Gasteiger partial charge in [-0.25, -0.2) is 5.43 Å². The van der Waals surface area contributed by atoms with Crippen LogP contribution < -0.4 is 5.43 Å². The number of rotatable bonds is 4. The van der Waals surface area contributed by atoms with Crippen molar-refractivity contribution in [2.24, 2.45) is 5.10 Å². The Morgan fingerprint density at radius 2 is 1.82 bits per heavy atom. The molecule has 0 saturated heterocycles. The summed E-state index contributed by atoms with van der Waals surface area (Å²) in [6.45, 7) is 0. The van der Waals surface area contributed by atoms with Crippen LogP contribution >= 0.6 is 0 Å². The van der Waals surface area contributed by atoms with E-state index in [2.05, 4.69) is 10.5 Å². The number of hydrazone groups is 1. The summed E-state index contributed by atoms with van der Waals surface area (Å²) < 4.78 is 0. The number of nitrogens with zero attached hydrogens (tertiary/aromatic N) is 2. The van der Waals surface area contributed by atoms with Gasteiger partial charge in [0.15, 0.2) is 11.5 Å². The molecule has 0 aliphatic carbocycles. The van der Waals surface area contributed by atoms with Crippen molar-refractivity contribution < 1.29 is 19.9 Å². The SMILES string of the molecule is O=C(NN=Cc1ccc(O)c(O)c1)c1ccc([N+](=O)[O-])cc1. The summed E-state index contributed by atoms with van der Waals surface area (Å²) >= 11 is 0. The van der Waals surface area contributed by atoms with Crippen LogP contribution in [0.1, 0.15) is 15.9 Å². The molecular weight excluding hydrogens is 290 g/mol. The van der Waals surface area contributed by atoms with Gasteiger partial charge in [0.05, 0.1) is 11.1 Å². The van der Waals surface area contributed by atoms with E-state index in [1.165, 1.54) is 48.7 Å². The molecule has 8 heteroatoms. The van der Waals surface area contributed by atoms with Crippen LogP contribution in [0.3, 0.4) is 0 Å². The maximum Gasteiger partial charge on any atom is 0.271 e. The summed E-state index contributed by atoms with van der Waals surface area (Å²) in [7, 11) is 0. The van der Waals surface area contributed by atoms with Crippen molar-refractivity contribution in [2.45, 2.75) is 0 Å². The smallest absolute Gasteiger partial charge is 0.271 e. The lowest BCUT2D eigenvalue weighted by Crippen LogP contribution is -2.17. The first-order chi connectivity index (χ1) is 10.5. The lowest BCUT2D eigenvalue weighted by atomic mass is 10.2. The van der Waals surface area contributed by atoms with Gasteiger partial charge in [-0.3, -0.25) is 14.9 Å². The van der Waals surface area contributed by atoms with Crippen molar-refractivity contribution in [3.8, 4) is 11.5 Å². The average Bonchev–Trinajstić information content (AvgIpc) is 2.51. The topological polar surface area (TPSA) is 125 Å². The molecule has 0 radical (unpaired) electrons. The third-order valence-corrected chi connectivity index (χ3v) is 2.72. The van der Waals surface area contributed by atoms with E-state index in [1.54, 1.807) is 0 Å². The summed E-state index contributed by atoms with van der Waals surface area (Å²) in [5.74, 6) is -1.09. The molecule has 0 spiro atoms. The van der Waals surface area contributed by atoms with E-state index >= 15 is 0 Å².